The zero-order chi connectivity index (χ0) is 18.4. The zero-order valence-corrected chi connectivity index (χ0v) is 15.3. The Kier molecular flexibility index (Phi) is 6.19. The normalized spacial score (nSPS) is 19.3. The van der Waals surface area contributed by atoms with Gasteiger partial charge in [0.05, 0.1) is 24.9 Å². The van der Waals surface area contributed by atoms with E-state index in [1.807, 2.05) is 11.4 Å². The van der Waals surface area contributed by atoms with Crippen LogP contribution in [0, 0.1) is 0 Å². The lowest BCUT2D eigenvalue weighted by Crippen LogP contribution is -2.46. The van der Waals surface area contributed by atoms with E-state index in [1.54, 1.807) is 41.9 Å². The maximum Gasteiger partial charge on any atom is 0.255 e. The van der Waals surface area contributed by atoms with E-state index in [9.17, 15) is 9.59 Å². The lowest BCUT2D eigenvalue weighted by molar-refractivity contribution is -0.125. The van der Waals surface area contributed by atoms with Crippen molar-refractivity contribution in [3.05, 3.63) is 46.9 Å². The van der Waals surface area contributed by atoms with Crippen molar-refractivity contribution in [1.82, 2.24) is 15.2 Å². The number of nitrogens with one attached hydrogen (secondary N) is 1. The molecule has 26 heavy (non-hydrogen) atoms. The Hall–Kier alpha value is -2.45. The number of methoxy groups -OCH3 is 1. The largest absolute Gasteiger partial charge is 0.487 e. The van der Waals surface area contributed by atoms with Crippen molar-refractivity contribution in [2.45, 2.75) is 18.6 Å². The molecule has 2 amide bonds. The van der Waals surface area contributed by atoms with Gasteiger partial charge in [-0.15, -0.1) is 0 Å². The summed E-state index contributed by atoms with van der Waals surface area (Å²) < 4.78 is 10.9. The van der Waals surface area contributed by atoms with Crippen molar-refractivity contribution in [2.24, 2.45) is 0 Å². The number of thiophene rings is 1. The first-order valence-corrected chi connectivity index (χ1v) is 9.30. The SMILES string of the molecule is COCCNC(=O)C1CC(Oc2cccnc2)CN1C(=O)c1ccsc1. The van der Waals surface area contributed by atoms with Crippen LogP contribution in [0.25, 0.3) is 0 Å². The van der Waals surface area contributed by atoms with Crippen molar-refractivity contribution in [2.75, 3.05) is 26.8 Å². The standard InChI is InChI=1S/C18H21N3O4S/c1-24-7-6-20-17(22)16-9-15(25-14-3-2-5-19-10-14)11-21(16)18(23)13-4-8-26-12-13/h2-5,8,10,12,15-16H,6-7,9,11H2,1H3,(H,20,22). The average Bonchev–Trinajstić information content (AvgIpc) is 3.32. The Morgan fingerprint density at radius 3 is 3.00 bits per heavy atom. The minimum atomic E-state index is -0.569. The summed E-state index contributed by atoms with van der Waals surface area (Å²) in [5.74, 6) is 0.277. The molecular weight excluding hydrogens is 354 g/mol. The van der Waals surface area contributed by atoms with E-state index in [2.05, 4.69) is 10.3 Å². The average molecular weight is 375 g/mol. The monoisotopic (exact) mass is 375 g/mol. The summed E-state index contributed by atoms with van der Waals surface area (Å²) in [6.07, 6.45) is 3.46. The van der Waals surface area contributed by atoms with Crippen LogP contribution in [0.4, 0.5) is 0 Å². The quantitative estimate of drug-likeness (QED) is 0.743. The number of hydrogen-bond acceptors (Lipinski definition) is 6. The first-order chi connectivity index (χ1) is 12.7. The fraction of sp³-hybridized carbons (Fsp3) is 0.389. The summed E-state index contributed by atoms with van der Waals surface area (Å²) in [7, 11) is 1.58. The Bertz CT molecular complexity index is 723. The Morgan fingerprint density at radius 1 is 1.42 bits per heavy atom. The van der Waals surface area contributed by atoms with Gasteiger partial charge in [-0.3, -0.25) is 14.6 Å². The Balaban J connectivity index is 1.72. The van der Waals surface area contributed by atoms with E-state index in [-0.39, 0.29) is 17.9 Å². The van der Waals surface area contributed by atoms with Gasteiger partial charge in [0.15, 0.2) is 0 Å². The molecular formula is C18H21N3O4S. The molecule has 0 aliphatic carbocycles. The van der Waals surface area contributed by atoms with Crippen molar-refractivity contribution in [1.29, 1.82) is 0 Å². The second-order valence-corrected chi connectivity index (χ2v) is 6.71. The molecule has 3 heterocycles. The Labute approximate surface area is 155 Å². The molecule has 1 saturated heterocycles. The highest BCUT2D eigenvalue weighted by atomic mass is 32.1. The second kappa shape index (κ2) is 8.77. The van der Waals surface area contributed by atoms with Crippen molar-refractivity contribution in [3.8, 4) is 5.75 Å². The molecule has 2 aromatic heterocycles. The van der Waals surface area contributed by atoms with E-state index in [4.69, 9.17) is 9.47 Å². The number of aromatic nitrogens is 1. The van der Waals surface area contributed by atoms with Crippen LogP contribution in [0.3, 0.4) is 0 Å². The highest BCUT2D eigenvalue weighted by Gasteiger charge is 2.41. The molecule has 7 nitrogen and oxygen atoms in total. The van der Waals surface area contributed by atoms with Gasteiger partial charge in [0.2, 0.25) is 5.91 Å². The number of ether oxygens (including phenoxy) is 2. The molecule has 0 bridgehead atoms. The number of hydrogen-bond donors (Lipinski definition) is 1. The molecule has 2 atom stereocenters. The molecule has 0 spiro atoms. The van der Waals surface area contributed by atoms with Crippen LogP contribution in [0.15, 0.2) is 41.4 Å². The molecule has 2 unspecified atom stereocenters. The van der Waals surface area contributed by atoms with Crippen LogP contribution < -0.4 is 10.1 Å². The number of rotatable bonds is 7. The van der Waals surface area contributed by atoms with Gasteiger partial charge >= 0.3 is 0 Å². The van der Waals surface area contributed by atoms with Gasteiger partial charge in [-0.2, -0.15) is 11.3 Å². The summed E-state index contributed by atoms with van der Waals surface area (Å²) >= 11 is 1.45. The Morgan fingerprint density at radius 2 is 2.31 bits per heavy atom. The van der Waals surface area contributed by atoms with Crippen LogP contribution in [-0.4, -0.2) is 60.7 Å². The van der Waals surface area contributed by atoms with Gasteiger partial charge in [0, 0.05) is 31.7 Å². The summed E-state index contributed by atoms with van der Waals surface area (Å²) in [6, 6.07) is 4.79. The van der Waals surface area contributed by atoms with E-state index >= 15 is 0 Å². The molecule has 0 radical (unpaired) electrons. The fourth-order valence-corrected chi connectivity index (χ4v) is 3.54. The maximum atomic E-state index is 12.8. The fourth-order valence-electron chi connectivity index (χ4n) is 2.91. The summed E-state index contributed by atoms with van der Waals surface area (Å²) in [4.78, 5) is 31.0. The van der Waals surface area contributed by atoms with E-state index in [0.717, 1.165) is 0 Å². The molecule has 1 aliphatic rings. The van der Waals surface area contributed by atoms with E-state index in [0.29, 0.717) is 37.4 Å². The summed E-state index contributed by atoms with van der Waals surface area (Å²) in [5.41, 5.74) is 0.590. The molecule has 138 valence electrons. The number of amides is 2. The number of pyridine rings is 1. The second-order valence-electron chi connectivity index (χ2n) is 5.93. The molecule has 8 heteroatoms. The first-order valence-electron chi connectivity index (χ1n) is 8.35. The number of likely N-dealkylation sites (tertiary alicyclic amines) is 1. The lowest BCUT2D eigenvalue weighted by atomic mass is 10.1. The van der Waals surface area contributed by atoms with Crippen LogP contribution in [-0.2, 0) is 9.53 Å². The highest BCUT2D eigenvalue weighted by molar-refractivity contribution is 7.08. The predicted molar refractivity (Wildman–Crippen MR) is 97.3 cm³/mol. The number of carbonyl (C=O) groups is 2. The third-order valence-corrected chi connectivity index (χ3v) is 4.82. The van der Waals surface area contributed by atoms with E-state index in [1.165, 1.54) is 11.3 Å². The molecule has 1 N–H and O–H groups in total. The molecule has 1 aliphatic heterocycles. The van der Waals surface area contributed by atoms with Gasteiger partial charge in [0.25, 0.3) is 5.91 Å². The van der Waals surface area contributed by atoms with Gasteiger partial charge in [0.1, 0.15) is 17.9 Å². The van der Waals surface area contributed by atoms with E-state index < -0.39 is 6.04 Å². The van der Waals surface area contributed by atoms with Crippen molar-refractivity contribution < 1.29 is 19.1 Å². The van der Waals surface area contributed by atoms with Gasteiger partial charge in [-0.1, -0.05) is 0 Å². The smallest absolute Gasteiger partial charge is 0.255 e. The first kappa shape index (κ1) is 18.3. The van der Waals surface area contributed by atoms with Gasteiger partial charge < -0.3 is 19.7 Å². The van der Waals surface area contributed by atoms with Crippen LogP contribution in [0.2, 0.25) is 0 Å². The minimum absolute atomic E-state index is 0.157. The van der Waals surface area contributed by atoms with Gasteiger partial charge in [-0.25, -0.2) is 0 Å². The summed E-state index contributed by atoms with van der Waals surface area (Å²) in [6.45, 7) is 1.18. The zero-order valence-electron chi connectivity index (χ0n) is 14.5. The number of nitrogens with zero attached hydrogens (tertiary/aromatic N) is 2. The molecule has 0 saturated carbocycles. The summed E-state index contributed by atoms with van der Waals surface area (Å²) in [5, 5.41) is 6.45. The molecule has 0 aromatic carbocycles. The third kappa shape index (κ3) is 4.39. The topological polar surface area (TPSA) is 80.8 Å². The lowest BCUT2D eigenvalue weighted by Gasteiger charge is -2.23. The maximum absolute atomic E-state index is 12.8. The number of carbonyl (C=O) groups excluding carboxylic acids is 2. The van der Waals surface area contributed by atoms with Gasteiger partial charge in [-0.05, 0) is 23.6 Å². The molecule has 3 rings (SSSR count). The predicted octanol–water partition coefficient (Wildman–Crippen LogP) is 1.57. The van der Waals surface area contributed by atoms with Crippen molar-refractivity contribution >= 4 is 23.2 Å². The van der Waals surface area contributed by atoms with Crippen LogP contribution >= 0.6 is 11.3 Å². The van der Waals surface area contributed by atoms with Crippen molar-refractivity contribution in [3.63, 3.8) is 0 Å². The highest BCUT2D eigenvalue weighted by Crippen LogP contribution is 2.25. The molecule has 2 aromatic rings. The third-order valence-electron chi connectivity index (χ3n) is 4.14. The molecule has 1 fully saturated rings. The van der Waals surface area contributed by atoms with Crippen LogP contribution in [0.5, 0.6) is 5.75 Å². The minimum Gasteiger partial charge on any atom is -0.487 e. The van der Waals surface area contributed by atoms with Crippen LogP contribution in [0.1, 0.15) is 16.8 Å².